The minimum absolute atomic E-state index is 0.0447. The predicted molar refractivity (Wildman–Crippen MR) is 98.6 cm³/mol. The highest BCUT2D eigenvalue weighted by atomic mass is 16.5. The Morgan fingerprint density at radius 2 is 1.67 bits per heavy atom. The number of carbonyl (C=O) groups excluding carboxylic acids is 1. The third-order valence-electron chi connectivity index (χ3n) is 7.62. The number of carbonyl (C=O) groups is 1. The molecule has 2 heteroatoms. The van der Waals surface area contributed by atoms with Crippen molar-refractivity contribution in [2.45, 2.75) is 93.6 Å². The molecule has 0 heterocycles. The van der Waals surface area contributed by atoms with Crippen LogP contribution in [0, 0.1) is 39.4 Å². The molecule has 0 aromatic rings. The van der Waals surface area contributed by atoms with E-state index in [-0.39, 0.29) is 22.9 Å². The monoisotopic (exact) mass is 334 g/mol. The predicted octanol–water partition coefficient (Wildman–Crippen LogP) is 5.84. The minimum Gasteiger partial charge on any atom is -0.462 e. The fourth-order valence-corrected chi connectivity index (χ4v) is 5.87. The van der Waals surface area contributed by atoms with Gasteiger partial charge in [0.15, 0.2) is 0 Å². The topological polar surface area (TPSA) is 26.3 Å². The highest BCUT2D eigenvalue weighted by Crippen LogP contribution is 2.77. The van der Waals surface area contributed by atoms with Crippen molar-refractivity contribution in [3.63, 3.8) is 0 Å². The van der Waals surface area contributed by atoms with Crippen LogP contribution in [0.5, 0.6) is 0 Å². The van der Waals surface area contributed by atoms with E-state index in [2.05, 4.69) is 55.4 Å². The summed E-state index contributed by atoms with van der Waals surface area (Å²) in [7, 11) is 0. The van der Waals surface area contributed by atoms with Crippen molar-refractivity contribution >= 4 is 5.97 Å². The molecule has 24 heavy (non-hydrogen) atoms. The van der Waals surface area contributed by atoms with Crippen molar-refractivity contribution in [3.8, 4) is 0 Å². The molecule has 3 fully saturated rings. The molecular weight excluding hydrogens is 296 g/mol. The third kappa shape index (κ3) is 2.82. The third-order valence-corrected chi connectivity index (χ3v) is 7.62. The maximum absolute atomic E-state index is 13.3. The van der Waals surface area contributed by atoms with Gasteiger partial charge in [-0.3, -0.25) is 4.79 Å². The Hall–Kier alpha value is -0.530. The average Bonchev–Trinajstić information content (AvgIpc) is 2.88. The van der Waals surface area contributed by atoms with Gasteiger partial charge in [-0.1, -0.05) is 48.5 Å². The fraction of sp³-hybridized carbons (Fsp3) is 0.955. The molecule has 138 valence electrons. The van der Waals surface area contributed by atoms with Gasteiger partial charge < -0.3 is 4.74 Å². The van der Waals surface area contributed by atoms with Gasteiger partial charge in [-0.15, -0.1) is 0 Å². The second-order valence-corrected chi connectivity index (χ2v) is 11.8. The van der Waals surface area contributed by atoms with Gasteiger partial charge in [0, 0.05) is 5.92 Å². The first kappa shape index (κ1) is 18.3. The van der Waals surface area contributed by atoms with Gasteiger partial charge in [-0.2, -0.15) is 0 Å². The second-order valence-electron chi connectivity index (χ2n) is 11.8. The second kappa shape index (κ2) is 5.24. The van der Waals surface area contributed by atoms with Crippen LogP contribution in [0.1, 0.15) is 87.5 Å². The van der Waals surface area contributed by atoms with E-state index in [4.69, 9.17) is 4.74 Å². The summed E-state index contributed by atoms with van der Waals surface area (Å²) in [6.07, 6.45) is 6.17. The summed E-state index contributed by atoms with van der Waals surface area (Å²) in [6.45, 7) is 17.7. The first-order valence-corrected chi connectivity index (χ1v) is 10.00. The van der Waals surface area contributed by atoms with E-state index in [0.717, 1.165) is 18.8 Å². The zero-order valence-corrected chi connectivity index (χ0v) is 17.2. The summed E-state index contributed by atoms with van der Waals surface area (Å²) in [5.74, 6) is 2.35. The zero-order valence-electron chi connectivity index (χ0n) is 17.2. The van der Waals surface area contributed by atoms with Gasteiger partial charge >= 0.3 is 5.97 Å². The fourth-order valence-electron chi connectivity index (χ4n) is 5.87. The van der Waals surface area contributed by atoms with E-state index in [9.17, 15) is 4.79 Å². The molecule has 1 spiro atoms. The number of ether oxygens (including phenoxy) is 1. The lowest BCUT2D eigenvalue weighted by molar-refractivity contribution is -0.183. The van der Waals surface area contributed by atoms with Crippen LogP contribution < -0.4 is 0 Å². The van der Waals surface area contributed by atoms with Gasteiger partial charge in [0.2, 0.25) is 0 Å². The lowest BCUT2D eigenvalue weighted by Crippen LogP contribution is -2.50. The van der Waals surface area contributed by atoms with Gasteiger partial charge in [-0.25, -0.2) is 0 Å². The molecule has 6 atom stereocenters. The first-order valence-electron chi connectivity index (χ1n) is 10.00. The van der Waals surface area contributed by atoms with Crippen molar-refractivity contribution in [1.82, 2.24) is 0 Å². The van der Waals surface area contributed by atoms with Crippen molar-refractivity contribution < 1.29 is 9.53 Å². The lowest BCUT2D eigenvalue weighted by atomic mass is 9.60. The Morgan fingerprint density at radius 1 is 1.04 bits per heavy atom. The molecule has 0 saturated heterocycles. The molecule has 0 aromatic carbocycles. The summed E-state index contributed by atoms with van der Waals surface area (Å²) < 4.78 is 6.29. The van der Waals surface area contributed by atoms with E-state index in [0.29, 0.717) is 17.3 Å². The molecule has 0 aliphatic heterocycles. The molecule has 3 aliphatic rings. The van der Waals surface area contributed by atoms with Crippen LogP contribution >= 0.6 is 0 Å². The molecule has 3 aliphatic carbocycles. The Kier molecular flexibility index (Phi) is 3.99. The lowest BCUT2D eigenvalue weighted by Gasteiger charge is -2.50. The largest absolute Gasteiger partial charge is 0.462 e. The van der Waals surface area contributed by atoms with E-state index in [1.807, 2.05) is 0 Å². The molecule has 0 aromatic heterocycles. The number of hydrogen-bond donors (Lipinski definition) is 0. The van der Waals surface area contributed by atoms with E-state index in [1.165, 1.54) is 19.3 Å². The molecule has 2 nitrogen and oxygen atoms in total. The Morgan fingerprint density at radius 3 is 2.12 bits per heavy atom. The molecular formula is C22H38O2. The number of hydrogen-bond acceptors (Lipinski definition) is 2. The quantitative estimate of drug-likeness (QED) is 0.606. The highest BCUT2D eigenvalue weighted by molar-refractivity contribution is 5.77. The van der Waals surface area contributed by atoms with Crippen molar-refractivity contribution in [2.24, 2.45) is 39.4 Å². The highest BCUT2D eigenvalue weighted by Gasteiger charge is 2.71. The molecule has 3 rings (SSSR count). The summed E-state index contributed by atoms with van der Waals surface area (Å²) in [4.78, 5) is 13.3. The van der Waals surface area contributed by atoms with Crippen LogP contribution in [-0.4, -0.2) is 12.1 Å². The van der Waals surface area contributed by atoms with E-state index in [1.54, 1.807) is 0 Å². The standard InChI is InChI=1S/C22H38O2/c1-14-9-17(16-10-15-12-22(15,16)11-14)24-18(23)21(8,20(5,6)7)13-19(2,3)4/h14-17H,9-13H2,1-8H3. The molecule has 3 saturated carbocycles. The molecule has 0 bridgehead atoms. The van der Waals surface area contributed by atoms with Crippen molar-refractivity contribution in [3.05, 3.63) is 0 Å². The Bertz CT molecular complexity index is 523. The Balaban J connectivity index is 1.76. The number of esters is 1. The maximum Gasteiger partial charge on any atom is 0.312 e. The van der Waals surface area contributed by atoms with Crippen LogP contribution in [-0.2, 0) is 9.53 Å². The van der Waals surface area contributed by atoms with Gasteiger partial charge in [0.25, 0.3) is 0 Å². The summed E-state index contributed by atoms with van der Waals surface area (Å²) >= 11 is 0. The summed E-state index contributed by atoms with van der Waals surface area (Å²) in [6, 6.07) is 0. The van der Waals surface area contributed by atoms with Crippen LogP contribution in [0.2, 0.25) is 0 Å². The first-order chi connectivity index (χ1) is 10.8. The number of rotatable bonds is 3. The zero-order chi connectivity index (χ0) is 18.1. The van der Waals surface area contributed by atoms with Crippen molar-refractivity contribution in [1.29, 1.82) is 0 Å². The molecule has 6 unspecified atom stereocenters. The minimum atomic E-state index is -0.439. The van der Waals surface area contributed by atoms with Crippen LogP contribution in [0.3, 0.4) is 0 Å². The van der Waals surface area contributed by atoms with Gasteiger partial charge in [0.1, 0.15) is 6.10 Å². The van der Waals surface area contributed by atoms with Crippen molar-refractivity contribution in [2.75, 3.05) is 0 Å². The van der Waals surface area contributed by atoms with E-state index < -0.39 is 5.41 Å². The Labute approximate surface area is 149 Å². The van der Waals surface area contributed by atoms with Crippen LogP contribution in [0.15, 0.2) is 0 Å². The van der Waals surface area contributed by atoms with Crippen LogP contribution in [0.25, 0.3) is 0 Å². The maximum atomic E-state index is 13.3. The summed E-state index contributed by atoms with van der Waals surface area (Å²) in [5.41, 5.74) is 0.147. The molecule has 0 N–H and O–H groups in total. The molecule has 0 amide bonds. The average molecular weight is 335 g/mol. The van der Waals surface area contributed by atoms with Gasteiger partial charge in [0.05, 0.1) is 5.41 Å². The van der Waals surface area contributed by atoms with Gasteiger partial charge in [-0.05, 0) is 67.1 Å². The SMILES string of the molecule is CC1CC(OC(=O)C(C)(CC(C)(C)C)C(C)(C)C)C2CC3CC32C1. The molecule has 0 radical (unpaired) electrons. The smallest absolute Gasteiger partial charge is 0.312 e. The van der Waals surface area contributed by atoms with Crippen LogP contribution in [0.4, 0.5) is 0 Å². The van der Waals surface area contributed by atoms with E-state index >= 15 is 0 Å². The summed E-state index contributed by atoms with van der Waals surface area (Å²) in [5, 5.41) is 0. The normalized spacial score (nSPS) is 40.7.